The van der Waals surface area contributed by atoms with E-state index in [2.05, 4.69) is 35.5 Å². The standard InChI is InChI=1S/C29H39N9O3/c1-6-41-28-24(18-36(4)35-28)33-29-31-16-19(2)25(34-29)22-17-30-26-21(22)8-7-9-23(26)32-27(39)20(3)38-12-10-37(11-13-38)14-15-40-5/h7-9,16-18,20,30H,6,10-15H2,1-5H3,(H,32,39)(H,31,33,34)/t20-/m1/s1. The summed E-state index contributed by atoms with van der Waals surface area (Å²) in [6.45, 7) is 11.6. The smallest absolute Gasteiger partial charge is 0.256 e. The van der Waals surface area contributed by atoms with Gasteiger partial charge in [0.15, 0.2) is 0 Å². The van der Waals surface area contributed by atoms with E-state index in [9.17, 15) is 4.79 Å². The van der Waals surface area contributed by atoms with E-state index in [1.165, 1.54) is 0 Å². The van der Waals surface area contributed by atoms with Gasteiger partial charge in [-0.15, -0.1) is 5.10 Å². The molecule has 0 unspecified atom stereocenters. The number of carbonyl (C=O) groups excluding carboxylic acids is 1. The number of piperazine rings is 1. The number of H-pyrrole nitrogens is 1. The lowest BCUT2D eigenvalue weighted by molar-refractivity contribution is -0.121. The second kappa shape index (κ2) is 12.7. The first kappa shape index (κ1) is 28.5. The number of para-hydroxylation sites is 1. The molecule has 1 aromatic carbocycles. The monoisotopic (exact) mass is 561 g/mol. The van der Waals surface area contributed by atoms with E-state index in [-0.39, 0.29) is 11.9 Å². The van der Waals surface area contributed by atoms with Gasteiger partial charge < -0.3 is 25.1 Å². The maximum Gasteiger partial charge on any atom is 0.256 e. The van der Waals surface area contributed by atoms with Crippen LogP contribution >= 0.6 is 0 Å². The molecule has 1 atom stereocenters. The molecule has 3 aromatic heterocycles. The number of nitrogens with zero attached hydrogens (tertiary/aromatic N) is 6. The maximum absolute atomic E-state index is 13.3. The second-order valence-corrected chi connectivity index (χ2v) is 10.3. The predicted octanol–water partition coefficient (Wildman–Crippen LogP) is 3.40. The Labute approximate surface area is 240 Å². The third kappa shape index (κ3) is 6.34. The van der Waals surface area contributed by atoms with Gasteiger partial charge in [0.25, 0.3) is 5.88 Å². The van der Waals surface area contributed by atoms with Crippen molar-refractivity contribution < 1.29 is 14.3 Å². The molecule has 12 heteroatoms. The predicted molar refractivity (Wildman–Crippen MR) is 160 cm³/mol. The van der Waals surface area contributed by atoms with Gasteiger partial charge in [0.2, 0.25) is 11.9 Å². The number of anilines is 3. The van der Waals surface area contributed by atoms with Gasteiger partial charge in [-0.05, 0) is 32.4 Å². The van der Waals surface area contributed by atoms with Crippen LogP contribution in [0, 0.1) is 6.92 Å². The number of methoxy groups -OCH3 is 1. The van der Waals surface area contributed by atoms with Crippen LogP contribution in [0.25, 0.3) is 22.2 Å². The number of carbonyl (C=O) groups is 1. The van der Waals surface area contributed by atoms with Crippen molar-refractivity contribution in [3.05, 3.63) is 42.4 Å². The fraction of sp³-hybridized carbons (Fsp3) is 0.448. The first-order valence-electron chi connectivity index (χ1n) is 14.0. The maximum atomic E-state index is 13.3. The van der Waals surface area contributed by atoms with E-state index in [0.29, 0.717) is 24.1 Å². The van der Waals surface area contributed by atoms with Gasteiger partial charge in [-0.3, -0.25) is 19.3 Å². The number of rotatable bonds is 11. The van der Waals surface area contributed by atoms with Gasteiger partial charge in [0.05, 0.1) is 42.4 Å². The summed E-state index contributed by atoms with van der Waals surface area (Å²) < 4.78 is 12.5. The molecule has 3 N–H and O–H groups in total. The highest BCUT2D eigenvalue weighted by molar-refractivity contribution is 6.06. The lowest BCUT2D eigenvalue weighted by Gasteiger charge is -2.37. The first-order chi connectivity index (χ1) is 19.9. The normalized spacial score (nSPS) is 15.2. The first-order valence-corrected chi connectivity index (χ1v) is 14.0. The molecular formula is C29H39N9O3. The Morgan fingerprint density at radius 3 is 2.76 bits per heavy atom. The van der Waals surface area contributed by atoms with Crippen LogP contribution in [0.1, 0.15) is 19.4 Å². The van der Waals surface area contributed by atoms with Crippen molar-refractivity contribution in [1.82, 2.24) is 34.5 Å². The summed E-state index contributed by atoms with van der Waals surface area (Å²) in [5.41, 5.74) is 4.94. The summed E-state index contributed by atoms with van der Waals surface area (Å²) in [6.07, 6.45) is 5.55. The van der Waals surface area contributed by atoms with Crippen molar-refractivity contribution in [3.8, 4) is 17.1 Å². The summed E-state index contributed by atoms with van der Waals surface area (Å²) in [5.74, 6) is 0.912. The SMILES string of the molecule is CCOc1nn(C)cc1Nc1ncc(C)c(-c2c[nH]c3c(NC(=O)[C@@H](C)N4CCN(CCOC)CC4)cccc23)n1. The van der Waals surface area contributed by atoms with Crippen LogP contribution in [0.3, 0.4) is 0 Å². The number of benzene rings is 1. The molecule has 1 aliphatic rings. The Balaban J connectivity index is 1.33. The third-order valence-electron chi connectivity index (χ3n) is 7.47. The molecule has 0 saturated carbocycles. The van der Waals surface area contributed by atoms with E-state index in [0.717, 1.165) is 72.7 Å². The minimum Gasteiger partial charge on any atom is -0.475 e. The number of amides is 1. The summed E-state index contributed by atoms with van der Waals surface area (Å²) in [5, 5.41) is 11.7. The fourth-order valence-corrected chi connectivity index (χ4v) is 5.14. The van der Waals surface area contributed by atoms with Crippen molar-refractivity contribution in [3.63, 3.8) is 0 Å². The zero-order valence-electron chi connectivity index (χ0n) is 24.4. The molecule has 1 amide bonds. The fourth-order valence-electron chi connectivity index (χ4n) is 5.14. The molecule has 1 saturated heterocycles. The van der Waals surface area contributed by atoms with E-state index in [4.69, 9.17) is 14.5 Å². The zero-order chi connectivity index (χ0) is 28.9. The van der Waals surface area contributed by atoms with Gasteiger partial charge in [-0.25, -0.2) is 9.97 Å². The molecule has 0 spiro atoms. The minimum atomic E-state index is -0.240. The number of nitrogens with one attached hydrogen (secondary N) is 3. The van der Waals surface area contributed by atoms with E-state index in [1.54, 1.807) is 18.0 Å². The Bertz CT molecular complexity index is 1490. The van der Waals surface area contributed by atoms with Crippen LogP contribution in [0.5, 0.6) is 5.88 Å². The molecule has 41 heavy (non-hydrogen) atoms. The Morgan fingerprint density at radius 2 is 2.00 bits per heavy atom. The average Bonchev–Trinajstić information content (AvgIpc) is 3.56. The molecule has 0 radical (unpaired) electrons. The van der Waals surface area contributed by atoms with Crippen LogP contribution in [-0.4, -0.2) is 99.5 Å². The highest BCUT2D eigenvalue weighted by atomic mass is 16.5. The summed E-state index contributed by atoms with van der Waals surface area (Å²) in [7, 11) is 3.56. The van der Waals surface area contributed by atoms with Gasteiger partial charge in [0.1, 0.15) is 5.69 Å². The zero-order valence-corrected chi connectivity index (χ0v) is 24.4. The molecule has 4 aromatic rings. The molecular weight excluding hydrogens is 522 g/mol. The number of hydrogen-bond acceptors (Lipinski definition) is 9. The van der Waals surface area contributed by atoms with Crippen molar-refractivity contribution >= 4 is 34.1 Å². The number of aromatic amines is 1. The number of aryl methyl sites for hydroxylation is 2. The quantitative estimate of drug-likeness (QED) is 0.253. The van der Waals surface area contributed by atoms with Crippen LogP contribution in [0.4, 0.5) is 17.3 Å². The molecule has 1 aliphatic heterocycles. The average molecular weight is 562 g/mol. The van der Waals surface area contributed by atoms with E-state index < -0.39 is 0 Å². The van der Waals surface area contributed by atoms with Gasteiger partial charge in [-0.1, -0.05) is 12.1 Å². The highest BCUT2D eigenvalue weighted by Crippen LogP contribution is 2.34. The molecule has 1 fully saturated rings. The lowest BCUT2D eigenvalue weighted by atomic mass is 10.1. The molecule has 0 bridgehead atoms. The number of aromatic nitrogens is 5. The molecule has 218 valence electrons. The van der Waals surface area contributed by atoms with Crippen molar-refractivity contribution in [2.24, 2.45) is 7.05 Å². The summed E-state index contributed by atoms with van der Waals surface area (Å²) >= 11 is 0. The minimum absolute atomic E-state index is 0.0229. The van der Waals surface area contributed by atoms with E-state index in [1.807, 2.05) is 58.4 Å². The number of fused-ring (bicyclic) bond motifs is 1. The Morgan fingerprint density at radius 1 is 1.20 bits per heavy atom. The van der Waals surface area contributed by atoms with Crippen LogP contribution in [-0.2, 0) is 16.6 Å². The lowest BCUT2D eigenvalue weighted by Crippen LogP contribution is -2.53. The van der Waals surface area contributed by atoms with E-state index >= 15 is 0 Å². The number of hydrogen-bond donors (Lipinski definition) is 3. The largest absolute Gasteiger partial charge is 0.475 e. The third-order valence-corrected chi connectivity index (χ3v) is 7.47. The summed E-state index contributed by atoms with van der Waals surface area (Å²) in [6, 6.07) is 5.67. The van der Waals surface area contributed by atoms with Crippen LogP contribution in [0.2, 0.25) is 0 Å². The number of ether oxygens (including phenoxy) is 2. The van der Waals surface area contributed by atoms with Crippen molar-refractivity contribution in [2.75, 3.05) is 63.7 Å². The van der Waals surface area contributed by atoms with Gasteiger partial charge in [-0.2, -0.15) is 0 Å². The van der Waals surface area contributed by atoms with Crippen molar-refractivity contribution in [1.29, 1.82) is 0 Å². The highest BCUT2D eigenvalue weighted by Gasteiger charge is 2.26. The molecule has 5 rings (SSSR count). The molecule has 4 heterocycles. The molecule has 12 nitrogen and oxygen atoms in total. The van der Waals surface area contributed by atoms with Crippen LogP contribution in [0.15, 0.2) is 36.8 Å². The van der Waals surface area contributed by atoms with Crippen molar-refractivity contribution in [2.45, 2.75) is 26.8 Å². The second-order valence-electron chi connectivity index (χ2n) is 10.3. The topological polar surface area (TPSA) is 125 Å². The summed E-state index contributed by atoms with van der Waals surface area (Å²) in [4.78, 5) is 30.6. The molecule has 0 aliphatic carbocycles. The Kier molecular flexibility index (Phi) is 8.81. The Hall–Kier alpha value is -4.00. The van der Waals surface area contributed by atoms with Gasteiger partial charge in [0, 0.05) is 70.2 Å². The van der Waals surface area contributed by atoms with Gasteiger partial charge >= 0.3 is 0 Å². The van der Waals surface area contributed by atoms with Crippen LogP contribution < -0.4 is 15.4 Å².